The molecular weight excluding hydrogens is 632 g/mol. The maximum atomic E-state index is 13.0. The number of nitrogens with zero attached hydrogens (tertiary/aromatic N) is 4. The Hall–Kier alpha value is -4.22. The molecule has 4 heterocycles. The maximum Gasteiger partial charge on any atom is 0.349 e. The summed E-state index contributed by atoms with van der Waals surface area (Å²) in [5, 5.41) is 3.26. The lowest BCUT2D eigenvalue weighted by molar-refractivity contribution is 0.537. The van der Waals surface area contributed by atoms with E-state index in [1.54, 1.807) is 0 Å². The van der Waals surface area contributed by atoms with Crippen molar-refractivity contribution in [1.29, 1.82) is 0 Å². The van der Waals surface area contributed by atoms with Crippen molar-refractivity contribution in [1.82, 2.24) is 29.5 Å². The normalized spacial score (nSPS) is 12.4. The molecule has 0 spiro atoms. The zero-order valence-electron chi connectivity index (χ0n) is 30.1. The number of aryl methyl sites for hydroxylation is 1. The first-order valence-corrected chi connectivity index (χ1v) is 19.3. The molecule has 272 valence electrons. The second-order valence-corrected chi connectivity index (χ2v) is 13.9. The minimum Gasteiger partial charge on any atom is -0.346 e. The summed E-state index contributed by atoms with van der Waals surface area (Å²) in [5.74, 6) is 0.666. The van der Waals surface area contributed by atoms with Gasteiger partial charge in [-0.25, -0.2) is 14.6 Å². The number of benzene rings is 1. The van der Waals surface area contributed by atoms with Gasteiger partial charge < -0.3 is 14.8 Å². The van der Waals surface area contributed by atoms with Crippen LogP contribution in [0.3, 0.4) is 0 Å². The smallest absolute Gasteiger partial charge is 0.346 e. The highest BCUT2D eigenvalue weighted by molar-refractivity contribution is 5.97. The fourth-order valence-electron chi connectivity index (χ4n) is 7.17. The minimum absolute atomic E-state index is 0.111. The molecule has 0 fully saturated rings. The summed E-state index contributed by atoms with van der Waals surface area (Å²) in [6.07, 6.45) is 23.9. The van der Waals surface area contributed by atoms with Gasteiger partial charge in [0.2, 0.25) is 0 Å². The van der Waals surface area contributed by atoms with Gasteiger partial charge in [-0.15, -0.1) is 0 Å². The van der Waals surface area contributed by atoms with E-state index in [9.17, 15) is 19.2 Å². The van der Waals surface area contributed by atoms with Crippen molar-refractivity contribution in [3.63, 3.8) is 0 Å². The molecule has 0 aliphatic carbocycles. The molecule has 3 aliphatic heterocycles. The quantitative estimate of drug-likeness (QED) is 0.0477. The molecular formula is C38H56N8O4. The fraction of sp³-hybridized carbons (Fsp3) is 0.632. The van der Waals surface area contributed by atoms with Crippen LogP contribution in [0.15, 0.2) is 31.3 Å². The standard InChI is InChI=1S/C38H56N8O4/c1-3-5-7-9-11-13-15-17-19-21-23-45-29-25-28-30(26-27(29)39-31-33(45)41-37(49)43-35(31)47)46(34-32(40-28)36(48)44-38(50)42-34)24-22-20-18-16-14-12-10-8-6-4-2/h25-26,39H,3-24H2,1-2H3,(H,44,48,50)(H2,41,43,47,49). The highest BCUT2D eigenvalue weighted by Crippen LogP contribution is 2.43. The number of H-pyrrole nitrogens is 3. The van der Waals surface area contributed by atoms with E-state index >= 15 is 0 Å². The van der Waals surface area contributed by atoms with Gasteiger partial charge in [-0.1, -0.05) is 129 Å². The van der Waals surface area contributed by atoms with Crippen LogP contribution in [0.4, 0.5) is 22.9 Å². The monoisotopic (exact) mass is 688 g/mol. The average Bonchev–Trinajstić information content (AvgIpc) is 3.09. The molecule has 12 heteroatoms. The first kappa shape index (κ1) is 37.0. The number of hydrogen-bond acceptors (Lipinski definition) is 8. The number of fused-ring (bicyclic) bond motifs is 4. The van der Waals surface area contributed by atoms with E-state index in [0.717, 1.165) is 44.2 Å². The summed E-state index contributed by atoms with van der Waals surface area (Å²) in [7, 11) is 0. The highest BCUT2D eigenvalue weighted by atomic mass is 16.2. The molecule has 0 atom stereocenters. The Bertz CT molecular complexity index is 1890. The molecule has 4 N–H and O–H groups in total. The van der Waals surface area contributed by atoms with Crippen molar-refractivity contribution < 1.29 is 0 Å². The van der Waals surface area contributed by atoms with Crippen molar-refractivity contribution in [3.05, 3.63) is 53.8 Å². The zero-order valence-corrected chi connectivity index (χ0v) is 30.1. The molecule has 1 aromatic carbocycles. The van der Waals surface area contributed by atoms with E-state index in [1.165, 1.54) is 89.9 Å². The number of hydrogen-bond donors (Lipinski definition) is 4. The molecule has 0 amide bonds. The lowest BCUT2D eigenvalue weighted by atomic mass is 10.1. The van der Waals surface area contributed by atoms with Gasteiger partial charge in [0.1, 0.15) is 11.5 Å². The number of unbranched alkanes of at least 4 members (excludes halogenated alkanes) is 18. The number of nitrogens with one attached hydrogen (secondary N) is 4. The SMILES string of the molecule is CCCCCCCCCCCCN1c2cc3nc4c(=O)[nH]c(=O)nc-4n(CCCCCCCCCCCC)c3cc2Nc2c1[nH]c(=O)[nH]c2=O. The van der Waals surface area contributed by atoms with Crippen LogP contribution >= 0.6 is 0 Å². The van der Waals surface area contributed by atoms with Crippen LogP contribution in [-0.4, -0.2) is 36.0 Å². The molecule has 12 nitrogen and oxygen atoms in total. The van der Waals surface area contributed by atoms with Crippen molar-refractivity contribution >= 4 is 33.9 Å². The average molecular weight is 689 g/mol. The molecule has 1 aromatic heterocycles. The molecule has 5 rings (SSSR count). The van der Waals surface area contributed by atoms with Gasteiger partial charge in [-0.3, -0.25) is 24.5 Å². The number of rotatable bonds is 22. The van der Waals surface area contributed by atoms with Gasteiger partial charge in [-0.05, 0) is 25.0 Å². The number of aromatic amines is 3. The molecule has 0 saturated carbocycles. The van der Waals surface area contributed by atoms with E-state index in [2.05, 4.69) is 39.1 Å². The van der Waals surface area contributed by atoms with Crippen LogP contribution in [0.5, 0.6) is 0 Å². The van der Waals surface area contributed by atoms with Gasteiger partial charge in [-0.2, -0.15) is 4.98 Å². The maximum absolute atomic E-state index is 13.0. The summed E-state index contributed by atoms with van der Waals surface area (Å²) in [5.41, 5.74) is 0.749. The van der Waals surface area contributed by atoms with E-state index in [0.29, 0.717) is 35.6 Å². The summed E-state index contributed by atoms with van der Waals surface area (Å²) >= 11 is 0. The third-order valence-corrected chi connectivity index (χ3v) is 9.94. The molecule has 0 saturated heterocycles. The van der Waals surface area contributed by atoms with Gasteiger partial charge in [0.05, 0.1) is 22.4 Å². The Morgan fingerprint density at radius 2 is 1.16 bits per heavy atom. The van der Waals surface area contributed by atoms with Crippen LogP contribution in [0.1, 0.15) is 142 Å². The predicted molar refractivity (Wildman–Crippen MR) is 203 cm³/mol. The van der Waals surface area contributed by atoms with Crippen molar-refractivity contribution in [2.45, 2.75) is 149 Å². The van der Waals surface area contributed by atoms with Gasteiger partial charge in [0, 0.05) is 13.1 Å². The molecule has 2 aromatic rings. The Kier molecular flexibility index (Phi) is 13.8. The minimum atomic E-state index is -0.705. The van der Waals surface area contributed by atoms with E-state index in [4.69, 9.17) is 4.98 Å². The molecule has 0 radical (unpaired) electrons. The molecule has 0 bridgehead atoms. The van der Waals surface area contributed by atoms with Crippen molar-refractivity contribution in [3.8, 4) is 11.5 Å². The second-order valence-electron chi connectivity index (χ2n) is 13.9. The van der Waals surface area contributed by atoms with E-state index in [-0.39, 0.29) is 17.2 Å². The third kappa shape index (κ3) is 9.51. The van der Waals surface area contributed by atoms with Gasteiger partial charge in [0.15, 0.2) is 11.5 Å². The summed E-state index contributed by atoms with van der Waals surface area (Å²) in [4.78, 5) is 69.1. The number of anilines is 4. The molecule has 50 heavy (non-hydrogen) atoms. The Balaban J connectivity index is 1.37. The Morgan fingerprint density at radius 1 is 0.600 bits per heavy atom. The van der Waals surface area contributed by atoms with Crippen LogP contribution in [0, 0.1) is 0 Å². The van der Waals surface area contributed by atoms with Gasteiger partial charge in [0.25, 0.3) is 11.1 Å². The highest BCUT2D eigenvalue weighted by Gasteiger charge is 2.28. The molecule has 0 unspecified atom stereocenters. The summed E-state index contributed by atoms with van der Waals surface area (Å²) < 4.78 is 1.92. The van der Waals surface area contributed by atoms with Crippen molar-refractivity contribution in [2.75, 3.05) is 16.8 Å². The topological polar surface area (TPSA) is 162 Å². The zero-order chi connectivity index (χ0) is 35.3. The third-order valence-electron chi connectivity index (χ3n) is 9.94. The largest absolute Gasteiger partial charge is 0.349 e. The van der Waals surface area contributed by atoms with Gasteiger partial charge >= 0.3 is 11.4 Å². The summed E-state index contributed by atoms with van der Waals surface area (Å²) in [6, 6.07) is 3.81. The lowest BCUT2D eigenvalue weighted by Crippen LogP contribution is -2.34. The second kappa shape index (κ2) is 18.7. The Morgan fingerprint density at radius 3 is 1.76 bits per heavy atom. The predicted octanol–water partition coefficient (Wildman–Crippen LogP) is 8.00. The fourth-order valence-corrected chi connectivity index (χ4v) is 7.17. The van der Waals surface area contributed by atoms with Crippen LogP contribution < -0.4 is 32.7 Å². The van der Waals surface area contributed by atoms with E-state index < -0.39 is 22.5 Å². The van der Waals surface area contributed by atoms with Crippen LogP contribution in [0.25, 0.3) is 22.6 Å². The number of aromatic nitrogens is 6. The molecule has 3 aliphatic rings. The van der Waals surface area contributed by atoms with E-state index in [1.807, 2.05) is 21.6 Å². The lowest BCUT2D eigenvalue weighted by Gasteiger charge is -2.33. The first-order valence-electron chi connectivity index (χ1n) is 19.3. The van der Waals surface area contributed by atoms with Crippen LogP contribution in [-0.2, 0) is 6.54 Å². The van der Waals surface area contributed by atoms with Crippen molar-refractivity contribution in [2.24, 2.45) is 0 Å². The summed E-state index contributed by atoms with van der Waals surface area (Å²) in [6.45, 7) is 5.63. The van der Waals surface area contributed by atoms with Crippen LogP contribution in [0.2, 0.25) is 0 Å². The Labute approximate surface area is 293 Å². The first-order chi connectivity index (χ1) is 24.4.